The third kappa shape index (κ3) is 4.70. The van der Waals surface area contributed by atoms with Crippen molar-refractivity contribution in [3.8, 4) is 5.75 Å². The average molecular weight is 350 g/mol. The van der Waals surface area contributed by atoms with Gasteiger partial charge in [-0.25, -0.2) is 9.97 Å². The van der Waals surface area contributed by atoms with E-state index in [4.69, 9.17) is 4.74 Å². The van der Waals surface area contributed by atoms with E-state index < -0.39 is 0 Å². The minimum Gasteiger partial charge on any atom is -0.491 e. The molecule has 1 unspecified atom stereocenters. The summed E-state index contributed by atoms with van der Waals surface area (Å²) in [6.07, 6.45) is 1.99. The maximum atomic E-state index is 5.83. The van der Waals surface area contributed by atoms with E-state index in [1.54, 1.807) is 0 Å². The summed E-state index contributed by atoms with van der Waals surface area (Å²) in [6, 6.07) is 9.77. The lowest BCUT2D eigenvalue weighted by Crippen LogP contribution is -2.09. The van der Waals surface area contributed by atoms with Crippen molar-refractivity contribution in [1.29, 1.82) is 0 Å². The minimum absolute atomic E-state index is 0.208. The van der Waals surface area contributed by atoms with Crippen LogP contribution in [0.1, 0.15) is 33.0 Å². The number of aryl methyl sites for hydroxylation is 1. The largest absolute Gasteiger partial charge is 0.491 e. The first-order valence-electron chi connectivity index (χ1n) is 7.18. The van der Waals surface area contributed by atoms with Crippen LogP contribution in [0.2, 0.25) is 0 Å². The summed E-state index contributed by atoms with van der Waals surface area (Å²) in [7, 11) is 0. The second kappa shape index (κ2) is 7.41. The van der Waals surface area contributed by atoms with Crippen LogP contribution in [0.5, 0.6) is 5.75 Å². The van der Waals surface area contributed by atoms with Crippen LogP contribution in [0, 0.1) is 0 Å². The van der Waals surface area contributed by atoms with Crippen LogP contribution in [0.3, 0.4) is 0 Å². The van der Waals surface area contributed by atoms with Crippen molar-refractivity contribution in [3.63, 3.8) is 0 Å². The van der Waals surface area contributed by atoms with Crippen molar-refractivity contribution in [2.45, 2.75) is 39.7 Å². The summed E-state index contributed by atoms with van der Waals surface area (Å²) in [5.41, 5.74) is 0.948. The number of hydrogen-bond donors (Lipinski definition) is 1. The molecular formula is C16H20BrN3O. The summed E-state index contributed by atoms with van der Waals surface area (Å²) >= 11 is 3.41. The monoisotopic (exact) mass is 349 g/mol. The van der Waals surface area contributed by atoms with Gasteiger partial charge in [0.15, 0.2) is 0 Å². The standard InChI is InChI=1S/C16H20BrN3O/c1-4-11(3)21-13-8-6-7-12(9-13)18-16-10-14(17)19-15(5-2)20-16/h6-11H,4-5H2,1-3H3,(H,18,19,20). The molecular weight excluding hydrogens is 330 g/mol. The average Bonchev–Trinajstić information content (AvgIpc) is 2.46. The molecule has 0 amide bonds. The summed E-state index contributed by atoms with van der Waals surface area (Å²) in [5.74, 6) is 2.44. The van der Waals surface area contributed by atoms with Crippen LogP contribution < -0.4 is 10.1 Å². The number of hydrogen-bond acceptors (Lipinski definition) is 4. The molecule has 2 rings (SSSR count). The lowest BCUT2D eigenvalue weighted by atomic mass is 10.2. The molecule has 0 aliphatic rings. The predicted molar refractivity (Wildman–Crippen MR) is 89.2 cm³/mol. The SMILES string of the molecule is CCc1nc(Br)cc(Nc2cccc(OC(C)CC)c2)n1. The molecule has 0 fully saturated rings. The van der Waals surface area contributed by atoms with E-state index in [0.29, 0.717) is 0 Å². The zero-order chi connectivity index (χ0) is 15.2. The molecule has 1 aromatic carbocycles. The number of halogens is 1. The Morgan fingerprint density at radius 3 is 2.76 bits per heavy atom. The zero-order valence-electron chi connectivity index (χ0n) is 12.6. The molecule has 1 atom stereocenters. The van der Waals surface area contributed by atoms with Crippen LogP contribution in [-0.2, 0) is 6.42 Å². The van der Waals surface area contributed by atoms with Crippen molar-refractivity contribution in [3.05, 3.63) is 40.8 Å². The van der Waals surface area contributed by atoms with E-state index in [-0.39, 0.29) is 6.10 Å². The van der Waals surface area contributed by atoms with Crippen molar-refractivity contribution >= 4 is 27.4 Å². The lowest BCUT2D eigenvalue weighted by molar-refractivity contribution is 0.217. The Morgan fingerprint density at radius 2 is 2.05 bits per heavy atom. The van der Waals surface area contributed by atoms with E-state index in [9.17, 15) is 0 Å². The first-order valence-corrected chi connectivity index (χ1v) is 7.97. The molecule has 1 heterocycles. The molecule has 0 spiro atoms. The first kappa shape index (κ1) is 15.8. The minimum atomic E-state index is 0.208. The molecule has 0 radical (unpaired) electrons. The maximum absolute atomic E-state index is 5.83. The summed E-state index contributed by atoms with van der Waals surface area (Å²) in [5, 5.41) is 3.29. The topological polar surface area (TPSA) is 47.0 Å². The number of anilines is 2. The van der Waals surface area contributed by atoms with Gasteiger partial charge in [0.2, 0.25) is 0 Å². The van der Waals surface area contributed by atoms with Gasteiger partial charge < -0.3 is 10.1 Å². The van der Waals surface area contributed by atoms with Gasteiger partial charge in [-0.1, -0.05) is 19.9 Å². The Balaban J connectivity index is 2.16. The van der Waals surface area contributed by atoms with Gasteiger partial charge in [-0.15, -0.1) is 0 Å². The summed E-state index contributed by atoms with van der Waals surface area (Å²) < 4.78 is 6.61. The molecule has 4 nitrogen and oxygen atoms in total. The lowest BCUT2D eigenvalue weighted by Gasteiger charge is -2.14. The second-order valence-corrected chi connectivity index (χ2v) is 5.65. The molecule has 2 aromatic rings. The van der Waals surface area contributed by atoms with Crippen molar-refractivity contribution in [2.75, 3.05) is 5.32 Å². The quantitative estimate of drug-likeness (QED) is 0.766. The first-order chi connectivity index (χ1) is 10.1. The number of benzene rings is 1. The molecule has 1 aromatic heterocycles. The normalized spacial score (nSPS) is 12.0. The molecule has 112 valence electrons. The summed E-state index contributed by atoms with van der Waals surface area (Å²) in [4.78, 5) is 8.76. The molecule has 0 bridgehead atoms. The predicted octanol–water partition coefficient (Wildman–Crippen LogP) is 4.72. The van der Waals surface area contributed by atoms with Crippen LogP contribution in [0.15, 0.2) is 34.9 Å². The molecule has 1 N–H and O–H groups in total. The Hall–Kier alpha value is -1.62. The fourth-order valence-electron chi connectivity index (χ4n) is 1.80. The van der Waals surface area contributed by atoms with E-state index in [0.717, 1.165) is 40.5 Å². The number of aromatic nitrogens is 2. The molecule has 0 saturated heterocycles. The van der Waals surface area contributed by atoms with Gasteiger partial charge in [0.05, 0.1) is 6.10 Å². The molecule has 5 heteroatoms. The highest BCUT2D eigenvalue weighted by Gasteiger charge is 2.05. The Labute approximate surface area is 134 Å². The van der Waals surface area contributed by atoms with Gasteiger partial charge >= 0.3 is 0 Å². The van der Waals surface area contributed by atoms with E-state index in [2.05, 4.69) is 45.1 Å². The number of rotatable bonds is 6. The van der Waals surface area contributed by atoms with Crippen LogP contribution >= 0.6 is 15.9 Å². The Kier molecular flexibility index (Phi) is 5.56. The smallest absolute Gasteiger partial charge is 0.135 e. The molecule has 0 saturated carbocycles. The van der Waals surface area contributed by atoms with Crippen molar-refractivity contribution in [2.24, 2.45) is 0 Å². The van der Waals surface area contributed by atoms with Gasteiger partial charge in [0.1, 0.15) is 22.0 Å². The fourth-order valence-corrected chi connectivity index (χ4v) is 2.22. The van der Waals surface area contributed by atoms with Gasteiger partial charge in [0, 0.05) is 24.2 Å². The van der Waals surface area contributed by atoms with E-state index in [1.165, 1.54) is 0 Å². The Bertz CT molecular complexity index is 604. The highest BCUT2D eigenvalue weighted by molar-refractivity contribution is 9.10. The van der Waals surface area contributed by atoms with E-state index >= 15 is 0 Å². The number of nitrogens with one attached hydrogen (secondary N) is 1. The van der Waals surface area contributed by atoms with Gasteiger partial charge in [-0.05, 0) is 41.4 Å². The van der Waals surface area contributed by atoms with Crippen LogP contribution in [0.4, 0.5) is 11.5 Å². The highest BCUT2D eigenvalue weighted by Crippen LogP contribution is 2.23. The van der Waals surface area contributed by atoms with Crippen LogP contribution in [-0.4, -0.2) is 16.1 Å². The molecule has 0 aliphatic carbocycles. The third-order valence-electron chi connectivity index (χ3n) is 3.08. The second-order valence-electron chi connectivity index (χ2n) is 4.84. The van der Waals surface area contributed by atoms with Crippen molar-refractivity contribution < 1.29 is 4.74 Å². The number of ether oxygens (including phenoxy) is 1. The maximum Gasteiger partial charge on any atom is 0.135 e. The van der Waals surface area contributed by atoms with Crippen molar-refractivity contribution in [1.82, 2.24) is 9.97 Å². The number of nitrogens with zero attached hydrogens (tertiary/aromatic N) is 2. The zero-order valence-corrected chi connectivity index (χ0v) is 14.1. The van der Waals surface area contributed by atoms with Gasteiger partial charge in [-0.3, -0.25) is 0 Å². The Morgan fingerprint density at radius 1 is 1.24 bits per heavy atom. The van der Waals surface area contributed by atoms with Gasteiger partial charge in [-0.2, -0.15) is 0 Å². The van der Waals surface area contributed by atoms with Gasteiger partial charge in [0.25, 0.3) is 0 Å². The molecule has 0 aliphatic heterocycles. The fraction of sp³-hybridized carbons (Fsp3) is 0.375. The summed E-state index contributed by atoms with van der Waals surface area (Å²) in [6.45, 7) is 6.21. The highest BCUT2D eigenvalue weighted by atomic mass is 79.9. The third-order valence-corrected chi connectivity index (χ3v) is 3.48. The van der Waals surface area contributed by atoms with E-state index in [1.807, 2.05) is 37.3 Å². The molecule has 21 heavy (non-hydrogen) atoms. The van der Waals surface area contributed by atoms with Crippen LogP contribution in [0.25, 0.3) is 0 Å².